The minimum Gasteiger partial charge on any atom is -0.468 e. The largest absolute Gasteiger partial charge is 0.468 e. The molecule has 1 aromatic heterocycles. The topological polar surface area (TPSA) is 52.8 Å². The summed E-state index contributed by atoms with van der Waals surface area (Å²) in [6.45, 7) is 2.45. The Balaban J connectivity index is 1.54. The van der Waals surface area contributed by atoms with Crippen molar-refractivity contribution in [3.63, 3.8) is 0 Å². The number of aliphatic imine (C=N–C) groups is 1. The lowest BCUT2D eigenvalue weighted by Crippen LogP contribution is -2.45. The van der Waals surface area contributed by atoms with Crippen LogP contribution in [0.4, 0.5) is 0 Å². The van der Waals surface area contributed by atoms with Gasteiger partial charge in [0.15, 0.2) is 5.96 Å². The average molecular weight is 387 g/mol. The van der Waals surface area contributed by atoms with Gasteiger partial charge in [-0.3, -0.25) is 9.89 Å². The van der Waals surface area contributed by atoms with Gasteiger partial charge in [-0.25, -0.2) is 0 Å². The number of hydrogen-bond donors (Lipinski definition) is 2. The van der Waals surface area contributed by atoms with Crippen LogP contribution in [0.15, 0.2) is 52.1 Å². The van der Waals surface area contributed by atoms with Crippen molar-refractivity contribution in [2.24, 2.45) is 4.99 Å². The van der Waals surface area contributed by atoms with Gasteiger partial charge in [0, 0.05) is 31.9 Å². The molecule has 0 bridgehead atoms. The van der Waals surface area contributed by atoms with Gasteiger partial charge in [0.2, 0.25) is 0 Å². The standard InChI is InChI=1S/C21H30N4OS/c1-22-21(24-19-9-6-12-27-16-19)23-13-17-7-3-4-8-18(17)14-25(2)15-20-10-5-11-26-20/h3-5,7-8,10-11,19H,6,9,12-16H2,1-2H3,(H2,22,23,24). The normalized spacial score (nSPS) is 17.9. The van der Waals surface area contributed by atoms with Crippen LogP contribution in [-0.2, 0) is 19.6 Å². The highest BCUT2D eigenvalue weighted by molar-refractivity contribution is 7.99. The number of hydrogen-bond acceptors (Lipinski definition) is 4. The summed E-state index contributed by atoms with van der Waals surface area (Å²) >= 11 is 2.02. The first-order valence-corrected chi connectivity index (χ1v) is 10.7. The van der Waals surface area contributed by atoms with Gasteiger partial charge in [0.25, 0.3) is 0 Å². The fourth-order valence-electron chi connectivity index (χ4n) is 3.32. The van der Waals surface area contributed by atoms with Crippen LogP contribution < -0.4 is 10.6 Å². The van der Waals surface area contributed by atoms with Crippen LogP contribution in [0.3, 0.4) is 0 Å². The molecule has 1 aliphatic heterocycles. The third-order valence-corrected chi connectivity index (χ3v) is 5.95. The van der Waals surface area contributed by atoms with Gasteiger partial charge in [0.1, 0.15) is 5.76 Å². The van der Waals surface area contributed by atoms with E-state index in [1.165, 1.54) is 29.7 Å². The predicted octanol–water partition coefficient (Wildman–Crippen LogP) is 3.47. The molecule has 146 valence electrons. The fraction of sp³-hybridized carbons (Fsp3) is 0.476. The minimum absolute atomic E-state index is 0.518. The zero-order valence-corrected chi connectivity index (χ0v) is 17.1. The molecular weight excluding hydrogens is 356 g/mol. The van der Waals surface area contributed by atoms with Crippen LogP contribution in [0.2, 0.25) is 0 Å². The van der Waals surface area contributed by atoms with Crippen LogP contribution >= 0.6 is 11.8 Å². The zero-order chi connectivity index (χ0) is 18.9. The van der Waals surface area contributed by atoms with Gasteiger partial charge in [0.05, 0.1) is 12.8 Å². The summed E-state index contributed by atoms with van der Waals surface area (Å²) in [6, 6.07) is 13.1. The molecule has 0 radical (unpaired) electrons. The number of nitrogens with one attached hydrogen (secondary N) is 2. The molecule has 0 spiro atoms. The Labute approximate surface area is 166 Å². The smallest absolute Gasteiger partial charge is 0.191 e. The second-order valence-corrected chi connectivity index (χ2v) is 8.15. The summed E-state index contributed by atoms with van der Waals surface area (Å²) in [5.41, 5.74) is 2.62. The molecule has 2 aromatic rings. The SMILES string of the molecule is CN=C(NCc1ccccc1CN(C)Cc1ccco1)NC1CCCSC1. The second-order valence-electron chi connectivity index (χ2n) is 7.00. The average Bonchev–Trinajstić information content (AvgIpc) is 3.19. The molecule has 1 saturated heterocycles. The lowest BCUT2D eigenvalue weighted by molar-refractivity contribution is 0.287. The van der Waals surface area contributed by atoms with Crippen LogP contribution in [-0.4, -0.2) is 42.5 Å². The van der Waals surface area contributed by atoms with Gasteiger partial charge in [-0.2, -0.15) is 11.8 Å². The zero-order valence-electron chi connectivity index (χ0n) is 16.3. The third kappa shape index (κ3) is 6.33. The second kappa shape index (κ2) is 10.4. The maximum Gasteiger partial charge on any atom is 0.191 e. The lowest BCUT2D eigenvalue weighted by Gasteiger charge is -2.25. The molecule has 1 fully saturated rings. The van der Waals surface area contributed by atoms with Crippen molar-refractivity contribution in [1.29, 1.82) is 0 Å². The quantitative estimate of drug-likeness (QED) is 0.564. The Morgan fingerprint density at radius 3 is 2.78 bits per heavy atom. The van der Waals surface area contributed by atoms with Gasteiger partial charge in [-0.15, -0.1) is 0 Å². The molecule has 6 heteroatoms. The van der Waals surface area contributed by atoms with Gasteiger partial charge < -0.3 is 15.1 Å². The van der Waals surface area contributed by atoms with Crippen molar-refractivity contribution in [2.45, 2.75) is 38.5 Å². The Kier molecular flexibility index (Phi) is 7.66. The highest BCUT2D eigenvalue weighted by Crippen LogP contribution is 2.17. The van der Waals surface area contributed by atoms with E-state index < -0.39 is 0 Å². The summed E-state index contributed by atoms with van der Waals surface area (Å²) in [5, 5.41) is 7.05. The van der Waals surface area contributed by atoms with E-state index in [0.717, 1.165) is 37.1 Å². The summed E-state index contributed by atoms with van der Waals surface area (Å²) in [7, 11) is 3.96. The van der Waals surface area contributed by atoms with Gasteiger partial charge in [-0.05, 0) is 48.9 Å². The molecule has 1 unspecified atom stereocenters. The molecule has 1 aromatic carbocycles. The molecule has 0 saturated carbocycles. The molecule has 1 aliphatic rings. The number of benzene rings is 1. The van der Waals surface area contributed by atoms with Crippen LogP contribution in [0.1, 0.15) is 29.7 Å². The van der Waals surface area contributed by atoms with Crippen molar-refractivity contribution in [3.05, 3.63) is 59.5 Å². The maximum atomic E-state index is 5.46. The number of guanidine groups is 1. The Morgan fingerprint density at radius 2 is 2.07 bits per heavy atom. The molecule has 5 nitrogen and oxygen atoms in total. The van der Waals surface area contributed by atoms with Crippen molar-refractivity contribution in [1.82, 2.24) is 15.5 Å². The summed E-state index contributed by atoms with van der Waals surface area (Å²) in [4.78, 5) is 6.67. The molecule has 0 aliphatic carbocycles. The van der Waals surface area contributed by atoms with E-state index in [0.29, 0.717) is 6.04 Å². The van der Waals surface area contributed by atoms with E-state index in [1.54, 1.807) is 6.26 Å². The molecule has 2 N–H and O–H groups in total. The first-order chi connectivity index (χ1) is 13.2. The Bertz CT molecular complexity index is 711. The van der Waals surface area contributed by atoms with Crippen LogP contribution in [0, 0.1) is 0 Å². The van der Waals surface area contributed by atoms with E-state index in [-0.39, 0.29) is 0 Å². The highest BCUT2D eigenvalue weighted by atomic mass is 32.2. The first-order valence-electron chi connectivity index (χ1n) is 9.57. The molecular formula is C21H30N4OS. The number of thioether (sulfide) groups is 1. The molecule has 3 rings (SSSR count). The van der Waals surface area contributed by atoms with Gasteiger partial charge >= 0.3 is 0 Å². The number of furan rings is 1. The van der Waals surface area contributed by atoms with E-state index in [2.05, 4.69) is 51.8 Å². The molecule has 27 heavy (non-hydrogen) atoms. The highest BCUT2D eigenvalue weighted by Gasteiger charge is 2.15. The van der Waals surface area contributed by atoms with E-state index in [1.807, 2.05) is 30.9 Å². The van der Waals surface area contributed by atoms with Crippen molar-refractivity contribution < 1.29 is 4.42 Å². The van der Waals surface area contributed by atoms with E-state index in [9.17, 15) is 0 Å². The summed E-state index contributed by atoms with van der Waals surface area (Å²) < 4.78 is 5.46. The predicted molar refractivity (Wildman–Crippen MR) is 114 cm³/mol. The Hall–Kier alpha value is -1.92. The summed E-state index contributed by atoms with van der Waals surface area (Å²) in [6.07, 6.45) is 4.23. The third-order valence-electron chi connectivity index (χ3n) is 4.74. The fourth-order valence-corrected chi connectivity index (χ4v) is 4.39. The molecule has 2 heterocycles. The number of rotatable bonds is 7. The first kappa shape index (κ1) is 19.8. The molecule has 1 atom stereocenters. The van der Waals surface area contributed by atoms with Crippen molar-refractivity contribution in [3.8, 4) is 0 Å². The van der Waals surface area contributed by atoms with Crippen molar-refractivity contribution >= 4 is 17.7 Å². The number of nitrogens with zero attached hydrogens (tertiary/aromatic N) is 2. The van der Waals surface area contributed by atoms with Gasteiger partial charge in [-0.1, -0.05) is 24.3 Å². The Morgan fingerprint density at radius 1 is 1.22 bits per heavy atom. The maximum absolute atomic E-state index is 5.46. The van der Waals surface area contributed by atoms with Crippen LogP contribution in [0.25, 0.3) is 0 Å². The van der Waals surface area contributed by atoms with Crippen molar-refractivity contribution in [2.75, 3.05) is 25.6 Å². The van der Waals surface area contributed by atoms with E-state index >= 15 is 0 Å². The van der Waals surface area contributed by atoms with E-state index in [4.69, 9.17) is 4.42 Å². The minimum atomic E-state index is 0.518. The molecule has 0 amide bonds. The summed E-state index contributed by atoms with van der Waals surface area (Å²) in [5.74, 6) is 4.32. The monoisotopic (exact) mass is 386 g/mol. The lowest BCUT2D eigenvalue weighted by atomic mass is 10.1. The van der Waals surface area contributed by atoms with Crippen LogP contribution in [0.5, 0.6) is 0 Å².